The Labute approximate surface area is 114 Å². The van der Waals surface area contributed by atoms with Crippen LogP contribution in [0.3, 0.4) is 0 Å². The molecule has 1 aliphatic heterocycles. The fraction of sp³-hybridized carbons (Fsp3) is 0.533. The number of anilines is 1. The minimum Gasteiger partial charge on any atom is -0.494 e. The first kappa shape index (κ1) is 13.7. The number of benzene rings is 1. The Morgan fingerprint density at radius 2 is 1.95 bits per heavy atom. The van der Waals surface area contributed by atoms with Crippen molar-refractivity contribution < 1.29 is 9.53 Å². The summed E-state index contributed by atoms with van der Waals surface area (Å²) in [6, 6.07) is 7.48. The maximum absolute atomic E-state index is 12.1. The van der Waals surface area contributed by atoms with Gasteiger partial charge in [-0.1, -0.05) is 6.92 Å². The molecule has 0 saturated carbocycles. The molecule has 1 heterocycles. The van der Waals surface area contributed by atoms with Gasteiger partial charge < -0.3 is 15.0 Å². The van der Waals surface area contributed by atoms with Gasteiger partial charge in [-0.25, -0.2) is 4.79 Å². The molecule has 2 rings (SSSR count). The van der Waals surface area contributed by atoms with Gasteiger partial charge in [0.15, 0.2) is 0 Å². The van der Waals surface area contributed by atoms with Gasteiger partial charge in [0.1, 0.15) is 5.75 Å². The molecule has 2 amide bonds. The monoisotopic (exact) mass is 262 g/mol. The van der Waals surface area contributed by atoms with E-state index in [1.54, 1.807) is 0 Å². The van der Waals surface area contributed by atoms with Crippen molar-refractivity contribution in [3.05, 3.63) is 24.3 Å². The number of rotatable bonds is 3. The van der Waals surface area contributed by atoms with Crippen LogP contribution in [0.5, 0.6) is 5.75 Å². The first-order valence-corrected chi connectivity index (χ1v) is 6.98. The summed E-state index contributed by atoms with van der Waals surface area (Å²) in [7, 11) is 0. The Hall–Kier alpha value is -1.71. The summed E-state index contributed by atoms with van der Waals surface area (Å²) in [5.74, 6) is 1.56. The van der Waals surface area contributed by atoms with Crippen LogP contribution in [0.4, 0.5) is 10.5 Å². The molecule has 0 spiro atoms. The molecular formula is C15H22N2O2. The summed E-state index contributed by atoms with van der Waals surface area (Å²) in [6.45, 7) is 6.54. The Kier molecular flexibility index (Phi) is 4.66. The number of carbonyl (C=O) groups excluding carboxylic acids is 1. The zero-order valence-corrected chi connectivity index (χ0v) is 11.7. The minimum atomic E-state index is -0.00365. The average molecular weight is 262 g/mol. The molecule has 1 saturated heterocycles. The van der Waals surface area contributed by atoms with Crippen molar-refractivity contribution in [1.29, 1.82) is 0 Å². The lowest BCUT2D eigenvalue weighted by Gasteiger charge is -2.30. The topological polar surface area (TPSA) is 41.6 Å². The fourth-order valence-corrected chi connectivity index (χ4v) is 2.22. The number of ether oxygens (including phenoxy) is 1. The Balaban J connectivity index is 1.88. The third-order valence-corrected chi connectivity index (χ3v) is 3.49. The minimum absolute atomic E-state index is 0.00365. The molecule has 0 aliphatic carbocycles. The van der Waals surface area contributed by atoms with Gasteiger partial charge in [0.05, 0.1) is 6.61 Å². The van der Waals surface area contributed by atoms with Gasteiger partial charge in [-0.3, -0.25) is 0 Å². The van der Waals surface area contributed by atoms with Crippen LogP contribution in [0.15, 0.2) is 24.3 Å². The van der Waals surface area contributed by atoms with Crippen molar-refractivity contribution in [3.63, 3.8) is 0 Å². The van der Waals surface area contributed by atoms with E-state index < -0.39 is 0 Å². The lowest BCUT2D eigenvalue weighted by atomic mass is 10.00. The molecule has 1 fully saturated rings. The summed E-state index contributed by atoms with van der Waals surface area (Å²) in [5.41, 5.74) is 0.812. The highest BCUT2D eigenvalue weighted by atomic mass is 16.5. The standard InChI is InChI=1S/C15H22N2O2/c1-3-19-14-6-4-13(5-7-14)16-15(18)17-10-8-12(2)9-11-17/h4-7,12H,3,8-11H2,1-2H3,(H,16,18). The van der Waals surface area contributed by atoms with Gasteiger partial charge in [0.25, 0.3) is 0 Å². The summed E-state index contributed by atoms with van der Waals surface area (Å²) in [6.07, 6.45) is 2.19. The molecule has 0 unspecified atom stereocenters. The predicted octanol–water partition coefficient (Wildman–Crippen LogP) is 3.35. The second kappa shape index (κ2) is 6.45. The molecule has 19 heavy (non-hydrogen) atoms. The van der Waals surface area contributed by atoms with Crippen molar-refractivity contribution in [2.24, 2.45) is 5.92 Å². The maximum atomic E-state index is 12.1. The molecule has 1 aromatic rings. The molecule has 0 atom stereocenters. The normalized spacial score (nSPS) is 16.2. The highest BCUT2D eigenvalue weighted by molar-refractivity contribution is 5.89. The van der Waals surface area contributed by atoms with Crippen LogP contribution in [0.1, 0.15) is 26.7 Å². The highest BCUT2D eigenvalue weighted by Crippen LogP contribution is 2.19. The quantitative estimate of drug-likeness (QED) is 0.907. The van der Waals surface area contributed by atoms with Crippen LogP contribution < -0.4 is 10.1 Å². The number of nitrogens with one attached hydrogen (secondary N) is 1. The number of likely N-dealkylation sites (tertiary alicyclic amines) is 1. The molecule has 0 bridgehead atoms. The van der Waals surface area contributed by atoms with E-state index in [9.17, 15) is 4.79 Å². The molecule has 1 N–H and O–H groups in total. The van der Waals surface area contributed by atoms with E-state index in [-0.39, 0.29) is 6.03 Å². The van der Waals surface area contributed by atoms with Crippen LogP contribution in [-0.2, 0) is 0 Å². The van der Waals surface area contributed by atoms with E-state index in [0.717, 1.165) is 43.3 Å². The van der Waals surface area contributed by atoms with E-state index in [2.05, 4.69) is 12.2 Å². The van der Waals surface area contributed by atoms with Crippen molar-refractivity contribution in [1.82, 2.24) is 4.90 Å². The van der Waals surface area contributed by atoms with E-state index >= 15 is 0 Å². The van der Waals surface area contributed by atoms with Gasteiger partial charge >= 0.3 is 6.03 Å². The smallest absolute Gasteiger partial charge is 0.321 e. The number of hydrogen-bond acceptors (Lipinski definition) is 2. The number of urea groups is 1. The first-order valence-electron chi connectivity index (χ1n) is 6.98. The zero-order valence-electron chi connectivity index (χ0n) is 11.7. The number of carbonyl (C=O) groups is 1. The molecule has 4 nitrogen and oxygen atoms in total. The first-order chi connectivity index (χ1) is 9.19. The third-order valence-electron chi connectivity index (χ3n) is 3.49. The summed E-state index contributed by atoms with van der Waals surface area (Å²) >= 11 is 0. The SMILES string of the molecule is CCOc1ccc(NC(=O)N2CCC(C)CC2)cc1. The molecule has 1 aromatic carbocycles. The van der Waals surface area contributed by atoms with E-state index in [1.807, 2.05) is 36.1 Å². The maximum Gasteiger partial charge on any atom is 0.321 e. The number of amides is 2. The highest BCUT2D eigenvalue weighted by Gasteiger charge is 2.20. The van der Waals surface area contributed by atoms with Crippen LogP contribution in [-0.4, -0.2) is 30.6 Å². The fourth-order valence-electron chi connectivity index (χ4n) is 2.22. The Bertz CT molecular complexity index is 409. The lowest BCUT2D eigenvalue weighted by Crippen LogP contribution is -2.40. The Morgan fingerprint density at radius 3 is 2.53 bits per heavy atom. The van der Waals surface area contributed by atoms with Gasteiger partial charge in [-0.15, -0.1) is 0 Å². The summed E-state index contributed by atoms with van der Waals surface area (Å²) in [5, 5.41) is 2.93. The van der Waals surface area contributed by atoms with Gasteiger partial charge in [0.2, 0.25) is 0 Å². The summed E-state index contributed by atoms with van der Waals surface area (Å²) < 4.78 is 5.37. The van der Waals surface area contributed by atoms with E-state index in [0.29, 0.717) is 6.61 Å². The average Bonchev–Trinajstić information content (AvgIpc) is 2.42. The van der Waals surface area contributed by atoms with Crippen molar-refractivity contribution >= 4 is 11.7 Å². The molecular weight excluding hydrogens is 240 g/mol. The van der Waals surface area contributed by atoms with Crippen molar-refractivity contribution in [2.75, 3.05) is 25.0 Å². The largest absolute Gasteiger partial charge is 0.494 e. The van der Waals surface area contributed by atoms with Crippen LogP contribution >= 0.6 is 0 Å². The molecule has 104 valence electrons. The molecule has 4 heteroatoms. The van der Waals surface area contributed by atoms with Gasteiger partial charge in [0, 0.05) is 18.8 Å². The Morgan fingerprint density at radius 1 is 1.32 bits per heavy atom. The second-order valence-electron chi connectivity index (χ2n) is 5.06. The van der Waals surface area contributed by atoms with E-state index in [4.69, 9.17) is 4.74 Å². The third kappa shape index (κ3) is 3.88. The van der Waals surface area contributed by atoms with Gasteiger partial charge in [-0.05, 0) is 49.9 Å². The predicted molar refractivity (Wildman–Crippen MR) is 76.6 cm³/mol. The van der Waals surface area contributed by atoms with E-state index in [1.165, 1.54) is 0 Å². The molecule has 0 radical (unpaired) electrons. The summed E-state index contributed by atoms with van der Waals surface area (Å²) in [4.78, 5) is 14.0. The second-order valence-corrected chi connectivity index (χ2v) is 5.06. The van der Waals surface area contributed by atoms with Gasteiger partial charge in [-0.2, -0.15) is 0 Å². The van der Waals surface area contributed by atoms with Crippen molar-refractivity contribution in [2.45, 2.75) is 26.7 Å². The number of nitrogens with zero attached hydrogens (tertiary/aromatic N) is 1. The van der Waals surface area contributed by atoms with Crippen LogP contribution in [0.2, 0.25) is 0 Å². The number of hydrogen-bond donors (Lipinski definition) is 1. The van der Waals surface area contributed by atoms with Crippen LogP contribution in [0, 0.1) is 5.92 Å². The zero-order chi connectivity index (χ0) is 13.7. The van der Waals surface area contributed by atoms with Crippen molar-refractivity contribution in [3.8, 4) is 5.75 Å². The number of piperidine rings is 1. The van der Waals surface area contributed by atoms with Crippen LogP contribution in [0.25, 0.3) is 0 Å². The molecule has 1 aliphatic rings. The molecule has 0 aromatic heterocycles. The lowest BCUT2D eigenvalue weighted by molar-refractivity contribution is 0.186.